The van der Waals surface area contributed by atoms with Gasteiger partial charge in [0.2, 0.25) is 5.91 Å². The van der Waals surface area contributed by atoms with Gasteiger partial charge in [0.15, 0.2) is 0 Å². The molecule has 128 valence electrons. The third-order valence-corrected chi connectivity index (χ3v) is 5.11. The first-order valence-electron chi connectivity index (χ1n) is 8.76. The van der Waals surface area contributed by atoms with E-state index < -0.39 is 0 Å². The van der Waals surface area contributed by atoms with Gasteiger partial charge in [-0.15, -0.1) is 0 Å². The Morgan fingerprint density at radius 3 is 3.08 bits per heavy atom. The molecule has 0 bridgehead atoms. The number of likely N-dealkylation sites (tertiary alicyclic amines) is 1. The van der Waals surface area contributed by atoms with Crippen LogP contribution in [0.15, 0.2) is 24.3 Å². The van der Waals surface area contributed by atoms with E-state index in [2.05, 4.69) is 16.0 Å². The lowest BCUT2D eigenvalue weighted by atomic mass is 10.1. The molecule has 6 nitrogen and oxygen atoms in total. The Hall–Kier alpha value is -1.92. The first-order chi connectivity index (χ1) is 11.7. The lowest BCUT2D eigenvalue weighted by molar-refractivity contribution is -0.133. The summed E-state index contributed by atoms with van der Waals surface area (Å²) in [5.41, 5.74) is 2.12. The van der Waals surface area contributed by atoms with Gasteiger partial charge in [0.05, 0.1) is 30.3 Å². The van der Waals surface area contributed by atoms with Crippen LogP contribution in [0.3, 0.4) is 0 Å². The molecule has 1 N–H and O–H groups in total. The molecule has 2 aromatic rings. The van der Waals surface area contributed by atoms with E-state index in [1.54, 1.807) is 0 Å². The maximum absolute atomic E-state index is 12.8. The minimum absolute atomic E-state index is 0.0828. The SMILES string of the molecule is Cn1c(C2CCCN2C(=O)CC2COCCN2)nc2ccccc21. The molecule has 1 aromatic heterocycles. The summed E-state index contributed by atoms with van der Waals surface area (Å²) in [4.78, 5) is 19.6. The molecule has 24 heavy (non-hydrogen) atoms. The molecule has 0 radical (unpaired) electrons. The number of rotatable bonds is 3. The van der Waals surface area contributed by atoms with E-state index in [0.29, 0.717) is 13.0 Å². The maximum atomic E-state index is 12.8. The molecule has 4 rings (SSSR count). The molecule has 2 unspecified atom stereocenters. The average Bonchev–Trinajstić information content (AvgIpc) is 3.21. The topological polar surface area (TPSA) is 59.4 Å². The molecule has 2 saturated heterocycles. The Labute approximate surface area is 141 Å². The second kappa shape index (κ2) is 6.53. The quantitative estimate of drug-likeness (QED) is 0.930. The van der Waals surface area contributed by atoms with Crippen LogP contribution in [0.5, 0.6) is 0 Å². The van der Waals surface area contributed by atoms with E-state index in [-0.39, 0.29) is 18.0 Å². The summed E-state index contributed by atoms with van der Waals surface area (Å²) in [6.45, 7) is 3.00. The molecule has 0 aliphatic carbocycles. The van der Waals surface area contributed by atoms with E-state index in [4.69, 9.17) is 9.72 Å². The predicted molar refractivity (Wildman–Crippen MR) is 91.6 cm³/mol. The number of para-hydroxylation sites is 2. The van der Waals surface area contributed by atoms with Gasteiger partial charge in [-0.1, -0.05) is 12.1 Å². The van der Waals surface area contributed by atoms with Crippen molar-refractivity contribution in [2.75, 3.05) is 26.3 Å². The first kappa shape index (κ1) is 15.6. The molecule has 2 aliphatic heterocycles. The molecule has 2 atom stereocenters. The van der Waals surface area contributed by atoms with Gasteiger partial charge in [-0.05, 0) is 25.0 Å². The van der Waals surface area contributed by atoms with Gasteiger partial charge in [-0.25, -0.2) is 4.98 Å². The van der Waals surface area contributed by atoms with Crippen LogP contribution < -0.4 is 5.32 Å². The number of hydrogen-bond acceptors (Lipinski definition) is 4. The molecular formula is C18H24N4O2. The first-order valence-corrected chi connectivity index (χ1v) is 8.76. The molecule has 0 saturated carbocycles. The fourth-order valence-electron chi connectivity index (χ4n) is 3.87. The summed E-state index contributed by atoms with van der Waals surface area (Å²) in [6.07, 6.45) is 2.52. The fraction of sp³-hybridized carbons (Fsp3) is 0.556. The lowest BCUT2D eigenvalue weighted by Gasteiger charge is -2.28. The Morgan fingerprint density at radius 1 is 1.42 bits per heavy atom. The van der Waals surface area contributed by atoms with Crippen molar-refractivity contribution in [3.8, 4) is 0 Å². The van der Waals surface area contributed by atoms with Gasteiger partial charge in [0.1, 0.15) is 5.82 Å². The predicted octanol–water partition coefficient (Wildman–Crippen LogP) is 1.62. The number of hydrogen-bond donors (Lipinski definition) is 1. The van der Waals surface area contributed by atoms with Gasteiger partial charge in [-0.3, -0.25) is 4.79 Å². The molecule has 2 fully saturated rings. The summed E-state index contributed by atoms with van der Waals surface area (Å²) in [7, 11) is 2.04. The molecule has 6 heteroatoms. The van der Waals surface area contributed by atoms with Gasteiger partial charge in [0.25, 0.3) is 0 Å². The summed E-state index contributed by atoms with van der Waals surface area (Å²) in [6, 6.07) is 8.36. The number of carbonyl (C=O) groups excluding carboxylic acids is 1. The maximum Gasteiger partial charge on any atom is 0.224 e. The van der Waals surface area contributed by atoms with E-state index >= 15 is 0 Å². The summed E-state index contributed by atoms with van der Waals surface area (Å²) < 4.78 is 7.60. The Morgan fingerprint density at radius 2 is 2.29 bits per heavy atom. The largest absolute Gasteiger partial charge is 0.378 e. The Bertz CT molecular complexity index is 736. The number of amides is 1. The third-order valence-electron chi connectivity index (χ3n) is 5.11. The van der Waals surface area contributed by atoms with E-state index in [0.717, 1.165) is 49.4 Å². The van der Waals surface area contributed by atoms with E-state index in [1.807, 2.05) is 30.1 Å². The van der Waals surface area contributed by atoms with E-state index in [9.17, 15) is 4.79 Å². The van der Waals surface area contributed by atoms with Crippen molar-refractivity contribution < 1.29 is 9.53 Å². The third kappa shape index (κ3) is 2.80. The highest BCUT2D eigenvalue weighted by molar-refractivity contribution is 5.79. The monoisotopic (exact) mass is 328 g/mol. The molecule has 0 spiro atoms. The number of imidazole rings is 1. The summed E-state index contributed by atoms with van der Waals surface area (Å²) in [5.74, 6) is 1.20. The van der Waals surface area contributed by atoms with Gasteiger partial charge in [0, 0.05) is 32.6 Å². The highest BCUT2D eigenvalue weighted by Crippen LogP contribution is 2.33. The zero-order valence-electron chi connectivity index (χ0n) is 14.1. The van der Waals surface area contributed by atoms with Crippen LogP contribution in [-0.4, -0.2) is 52.7 Å². The second-order valence-corrected chi connectivity index (χ2v) is 6.69. The number of morpholine rings is 1. The number of nitrogens with one attached hydrogen (secondary N) is 1. The van der Waals surface area contributed by atoms with Crippen molar-refractivity contribution in [2.24, 2.45) is 7.05 Å². The van der Waals surface area contributed by atoms with Gasteiger partial charge >= 0.3 is 0 Å². The van der Waals surface area contributed by atoms with Gasteiger partial charge in [-0.2, -0.15) is 0 Å². The molecule has 3 heterocycles. The van der Waals surface area contributed by atoms with E-state index in [1.165, 1.54) is 0 Å². The van der Waals surface area contributed by atoms with Crippen LogP contribution in [0.25, 0.3) is 11.0 Å². The number of aromatic nitrogens is 2. The van der Waals surface area contributed by atoms with Crippen molar-refractivity contribution in [1.82, 2.24) is 19.8 Å². The normalized spacial score (nSPS) is 24.6. The zero-order valence-corrected chi connectivity index (χ0v) is 14.1. The summed E-state index contributed by atoms with van der Waals surface area (Å²) >= 11 is 0. The smallest absolute Gasteiger partial charge is 0.224 e. The average molecular weight is 328 g/mol. The number of aryl methyl sites for hydroxylation is 1. The van der Waals surface area contributed by atoms with Crippen molar-refractivity contribution >= 4 is 16.9 Å². The van der Waals surface area contributed by atoms with Gasteiger partial charge < -0.3 is 19.5 Å². The standard InChI is InChI=1S/C18H24N4O2/c1-21-15-6-3-2-5-14(15)20-18(21)16-7-4-9-22(16)17(23)11-13-12-24-10-8-19-13/h2-3,5-6,13,16,19H,4,7-12H2,1H3. The molecule has 2 aliphatic rings. The Kier molecular flexibility index (Phi) is 4.24. The number of fused-ring (bicyclic) bond motifs is 1. The van der Waals surface area contributed by atoms with Crippen LogP contribution in [0, 0.1) is 0 Å². The number of carbonyl (C=O) groups is 1. The number of benzene rings is 1. The van der Waals surface area contributed by atoms with Crippen LogP contribution in [0.2, 0.25) is 0 Å². The second-order valence-electron chi connectivity index (χ2n) is 6.69. The fourth-order valence-corrected chi connectivity index (χ4v) is 3.87. The van der Waals surface area contributed by atoms with Crippen LogP contribution in [0.4, 0.5) is 0 Å². The van der Waals surface area contributed by atoms with Crippen molar-refractivity contribution in [2.45, 2.75) is 31.3 Å². The van der Waals surface area contributed by atoms with Crippen LogP contribution in [-0.2, 0) is 16.6 Å². The molecular weight excluding hydrogens is 304 g/mol. The molecule has 1 amide bonds. The summed E-state index contributed by atoms with van der Waals surface area (Å²) in [5, 5.41) is 3.37. The highest BCUT2D eigenvalue weighted by Gasteiger charge is 2.34. The molecule has 1 aromatic carbocycles. The van der Waals surface area contributed by atoms with Crippen molar-refractivity contribution in [3.63, 3.8) is 0 Å². The zero-order chi connectivity index (χ0) is 16.5. The Balaban J connectivity index is 1.55. The number of nitrogens with zero attached hydrogens (tertiary/aromatic N) is 3. The minimum Gasteiger partial charge on any atom is -0.378 e. The van der Waals surface area contributed by atoms with Crippen LogP contribution >= 0.6 is 0 Å². The van der Waals surface area contributed by atoms with Crippen molar-refractivity contribution in [3.05, 3.63) is 30.1 Å². The van der Waals surface area contributed by atoms with Crippen molar-refractivity contribution in [1.29, 1.82) is 0 Å². The minimum atomic E-state index is 0.0828. The lowest BCUT2D eigenvalue weighted by Crippen LogP contribution is -2.45. The van der Waals surface area contributed by atoms with Crippen LogP contribution in [0.1, 0.15) is 31.1 Å². The highest BCUT2D eigenvalue weighted by atomic mass is 16.5. The number of ether oxygens (including phenoxy) is 1.